The zero-order valence-corrected chi connectivity index (χ0v) is 14.1. The van der Waals surface area contributed by atoms with Crippen molar-refractivity contribution in [3.63, 3.8) is 0 Å². The fourth-order valence-corrected chi connectivity index (χ4v) is 3.50. The van der Waals surface area contributed by atoms with Crippen molar-refractivity contribution in [3.05, 3.63) is 35.9 Å². The molecule has 126 valence electrons. The van der Waals surface area contributed by atoms with Gasteiger partial charge < -0.3 is 11.1 Å². The highest BCUT2D eigenvalue weighted by molar-refractivity contribution is 5.77. The number of guanidine groups is 1. The number of piperidine rings is 1. The molecule has 1 heterocycles. The summed E-state index contributed by atoms with van der Waals surface area (Å²) in [4.78, 5) is 7.09. The van der Waals surface area contributed by atoms with Crippen molar-refractivity contribution in [1.29, 1.82) is 0 Å². The molecule has 0 amide bonds. The van der Waals surface area contributed by atoms with Gasteiger partial charge in [-0.25, -0.2) is 0 Å². The zero-order valence-electron chi connectivity index (χ0n) is 14.1. The molecule has 1 aliphatic heterocycles. The SMILES string of the molecule is NC(=NCC1CCC1)NCC1CCCCN1Cc1ccccc1. The molecular formula is C19H30N4. The third-order valence-corrected chi connectivity index (χ3v) is 5.24. The van der Waals surface area contributed by atoms with E-state index in [1.54, 1.807) is 0 Å². The summed E-state index contributed by atoms with van der Waals surface area (Å²) in [6.07, 6.45) is 7.87. The van der Waals surface area contributed by atoms with Crippen LogP contribution in [-0.2, 0) is 6.54 Å². The van der Waals surface area contributed by atoms with Gasteiger partial charge in [0.15, 0.2) is 5.96 Å². The normalized spacial score (nSPS) is 23.5. The van der Waals surface area contributed by atoms with Crippen LogP contribution >= 0.6 is 0 Å². The number of benzene rings is 1. The van der Waals surface area contributed by atoms with Gasteiger partial charge in [0.05, 0.1) is 0 Å². The van der Waals surface area contributed by atoms with Crippen molar-refractivity contribution < 1.29 is 0 Å². The Labute approximate surface area is 140 Å². The number of nitrogens with one attached hydrogen (secondary N) is 1. The lowest BCUT2D eigenvalue weighted by atomic mass is 9.86. The first kappa shape index (κ1) is 16.3. The van der Waals surface area contributed by atoms with Crippen molar-refractivity contribution >= 4 is 5.96 Å². The lowest BCUT2D eigenvalue weighted by Gasteiger charge is -2.36. The van der Waals surface area contributed by atoms with Gasteiger partial charge >= 0.3 is 0 Å². The monoisotopic (exact) mass is 314 g/mol. The first-order valence-electron chi connectivity index (χ1n) is 9.13. The second kappa shape index (κ2) is 8.34. The topological polar surface area (TPSA) is 53.6 Å². The summed E-state index contributed by atoms with van der Waals surface area (Å²) in [5.41, 5.74) is 7.43. The van der Waals surface area contributed by atoms with Gasteiger partial charge in [-0.3, -0.25) is 9.89 Å². The molecule has 3 rings (SSSR count). The lowest BCUT2D eigenvalue weighted by Crippen LogP contribution is -2.47. The number of aliphatic imine (C=N–C) groups is 1. The summed E-state index contributed by atoms with van der Waals surface area (Å²) in [5.74, 6) is 1.40. The molecule has 2 fully saturated rings. The van der Waals surface area contributed by atoms with Crippen LogP contribution in [0.15, 0.2) is 35.3 Å². The maximum absolute atomic E-state index is 6.04. The van der Waals surface area contributed by atoms with Crippen LogP contribution < -0.4 is 11.1 Å². The van der Waals surface area contributed by atoms with Gasteiger partial charge in [0.25, 0.3) is 0 Å². The van der Waals surface area contributed by atoms with Gasteiger partial charge in [-0.15, -0.1) is 0 Å². The van der Waals surface area contributed by atoms with Gasteiger partial charge in [-0.05, 0) is 43.7 Å². The number of likely N-dealkylation sites (tertiary alicyclic amines) is 1. The minimum Gasteiger partial charge on any atom is -0.370 e. The molecule has 0 spiro atoms. The average Bonchev–Trinajstić information content (AvgIpc) is 2.53. The summed E-state index contributed by atoms with van der Waals surface area (Å²) in [7, 11) is 0. The van der Waals surface area contributed by atoms with Crippen molar-refractivity contribution in [2.75, 3.05) is 19.6 Å². The van der Waals surface area contributed by atoms with E-state index >= 15 is 0 Å². The van der Waals surface area contributed by atoms with Gasteiger partial charge in [-0.2, -0.15) is 0 Å². The third kappa shape index (κ3) is 4.96. The Bertz CT molecular complexity index is 495. The third-order valence-electron chi connectivity index (χ3n) is 5.24. The van der Waals surface area contributed by atoms with Gasteiger partial charge in [0.1, 0.15) is 0 Å². The maximum atomic E-state index is 6.04. The first-order chi connectivity index (χ1) is 11.3. The van der Waals surface area contributed by atoms with Crippen molar-refractivity contribution in [3.8, 4) is 0 Å². The quantitative estimate of drug-likeness (QED) is 0.627. The first-order valence-corrected chi connectivity index (χ1v) is 9.13. The highest BCUT2D eigenvalue weighted by atomic mass is 15.2. The maximum Gasteiger partial charge on any atom is 0.188 e. The predicted molar refractivity (Wildman–Crippen MR) is 96.3 cm³/mol. The minimum absolute atomic E-state index is 0.557. The Balaban J connectivity index is 1.47. The van der Waals surface area contributed by atoms with Gasteiger partial charge in [-0.1, -0.05) is 43.2 Å². The van der Waals surface area contributed by atoms with E-state index in [4.69, 9.17) is 5.73 Å². The summed E-state index contributed by atoms with van der Waals surface area (Å²) in [6, 6.07) is 11.3. The second-order valence-electron chi connectivity index (χ2n) is 7.01. The second-order valence-corrected chi connectivity index (χ2v) is 7.01. The molecule has 0 bridgehead atoms. The Morgan fingerprint density at radius 1 is 1.13 bits per heavy atom. The molecule has 1 saturated heterocycles. The van der Waals surface area contributed by atoms with E-state index in [-0.39, 0.29) is 0 Å². The van der Waals surface area contributed by atoms with E-state index in [9.17, 15) is 0 Å². The Morgan fingerprint density at radius 3 is 2.70 bits per heavy atom. The molecule has 3 N–H and O–H groups in total. The molecule has 1 unspecified atom stereocenters. The Hall–Kier alpha value is -1.55. The molecule has 4 heteroatoms. The molecule has 1 aliphatic carbocycles. The molecule has 2 aliphatic rings. The molecule has 1 aromatic rings. The molecule has 4 nitrogen and oxygen atoms in total. The number of rotatable bonds is 6. The summed E-state index contributed by atoms with van der Waals surface area (Å²) < 4.78 is 0. The smallest absolute Gasteiger partial charge is 0.188 e. The van der Waals surface area contributed by atoms with Crippen LogP contribution in [0.1, 0.15) is 44.1 Å². The molecule has 0 radical (unpaired) electrons. The van der Waals surface area contributed by atoms with Crippen LogP contribution in [0.5, 0.6) is 0 Å². The largest absolute Gasteiger partial charge is 0.370 e. The number of nitrogens with two attached hydrogens (primary N) is 1. The summed E-state index contributed by atoms with van der Waals surface area (Å²) >= 11 is 0. The summed E-state index contributed by atoms with van der Waals surface area (Å²) in [5, 5.41) is 3.36. The Kier molecular flexibility index (Phi) is 5.92. The van der Waals surface area contributed by atoms with E-state index in [1.807, 2.05) is 0 Å². The Morgan fingerprint density at radius 2 is 1.96 bits per heavy atom. The van der Waals surface area contributed by atoms with Gasteiger partial charge in [0, 0.05) is 25.7 Å². The summed E-state index contributed by atoms with van der Waals surface area (Å²) in [6.45, 7) is 4.02. The average molecular weight is 314 g/mol. The van der Waals surface area contributed by atoms with Crippen LogP contribution in [0.4, 0.5) is 0 Å². The molecule has 1 atom stereocenters. The van der Waals surface area contributed by atoms with Crippen molar-refractivity contribution in [2.45, 2.75) is 51.1 Å². The standard InChI is InChI=1S/C19H30N4/c20-19(21-13-16-9-6-10-16)22-14-18-11-4-5-12-23(18)15-17-7-2-1-3-8-17/h1-3,7-8,16,18H,4-6,9-15H2,(H3,20,21,22). The fraction of sp³-hybridized carbons (Fsp3) is 0.632. The fourth-order valence-electron chi connectivity index (χ4n) is 3.50. The van der Waals surface area contributed by atoms with Crippen LogP contribution in [0, 0.1) is 5.92 Å². The van der Waals surface area contributed by atoms with Crippen molar-refractivity contribution in [2.24, 2.45) is 16.6 Å². The van der Waals surface area contributed by atoms with Crippen LogP contribution in [0.2, 0.25) is 0 Å². The van der Waals surface area contributed by atoms with E-state index in [1.165, 1.54) is 50.6 Å². The minimum atomic E-state index is 0.557. The highest BCUT2D eigenvalue weighted by Gasteiger charge is 2.22. The molecule has 1 saturated carbocycles. The van der Waals surface area contributed by atoms with E-state index in [0.717, 1.165) is 25.6 Å². The molecular weight excluding hydrogens is 284 g/mol. The highest BCUT2D eigenvalue weighted by Crippen LogP contribution is 2.26. The number of hydrogen-bond donors (Lipinski definition) is 2. The molecule has 23 heavy (non-hydrogen) atoms. The van der Waals surface area contributed by atoms with Crippen LogP contribution in [0.3, 0.4) is 0 Å². The molecule has 0 aromatic heterocycles. The number of hydrogen-bond acceptors (Lipinski definition) is 2. The van der Waals surface area contributed by atoms with Crippen LogP contribution in [0.25, 0.3) is 0 Å². The zero-order chi connectivity index (χ0) is 15.9. The lowest BCUT2D eigenvalue weighted by molar-refractivity contribution is 0.141. The molecule has 1 aromatic carbocycles. The van der Waals surface area contributed by atoms with E-state index in [2.05, 4.69) is 45.5 Å². The number of nitrogens with zero attached hydrogens (tertiary/aromatic N) is 2. The van der Waals surface area contributed by atoms with Crippen LogP contribution in [-0.4, -0.2) is 36.5 Å². The van der Waals surface area contributed by atoms with E-state index < -0.39 is 0 Å². The van der Waals surface area contributed by atoms with Crippen molar-refractivity contribution in [1.82, 2.24) is 10.2 Å². The predicted octanol–water partition coefficient (Wildman–Crippen LogP) is 2.75. The van der Waals surface area contributed by atoms with Gasteiger partial charge in [0.2, 0.25) is 0 Å². The van der Waals surface area contributed by atoms with E-state index in [0.29, 0.717) is 12.0 Å².